The highest BCUT2D eigenvalue weighted by atomic mass is 31.2. The van der Waals surface area contributed by atoms with E-state index in [-0.39, 0.29) is 6.42 Å². The van der Waals surface area contributed by atoms with E-state index in [0.717, 1.165) is 32.1 Å². The minimum atomic E-state index is -4.68. The van der Waals surface area contributed by atoms with Gasteiger partial charge in [-0.25, -0.2) is 4.57 Å². The number of carbonyl (C=O) groups is 2. The van der Waals surface area contributed by atoms with Crippen molar-refractivity contribution in [3.8, 4) is 0 Å². The monoisotopic (exact) mass is 434 g/mol. The summed E-state index contributed by atoms with van der Waals surface area (Å²) < 4.78 is 19.2. The molecule has 0 fully saturated rings. The SMILES string of the molecule is CCCCCCCC/C=C\CCCCCCCC(=O)OCC(=O)COP(=O)(O)O. The summed E-state index contributed by atoms with van der Waals surface area (Å²) in [5, 5.41) is 0. The Hall–Kier alpha value is -1.01. The molecule has 0 saturated carbocycles. The van der Waals surface area contributed by atoms with E-state index in [0.29, 0.717) is 6.42 Å². The summed E-state index contributed by atoms with van der Waals surface area (Å²) in [7, 11) is -4.68. The van der Waals surface area contributed by atoms with Crippen LogP contribution >= 0.6 is 7.82 Å². The van der Waals surface area contributed by atoms with Crippen molar-refractivity contribution in [2.45, 2.75) is 96.8 Å². The van der Waals surface area contributed by atoms with Gasteiger partial charge in [-0.3, -0.25) is 14.1 Å². The Kier molecular flexibility index (Phi) is 18.3. The largest absolute Gasteiger partial charge is 0.470 e. The molecule has 0 aliphatic rings. The Balaban J connectivity index is 3.39. The van der Waals surface area contributed by atoms with E-state index in [1.54, 1.807) is 0 Å². The maximum absolute atomic E-state index is 11.5. The van der Waals surface area contributed by atoms with Crippen molar-refractivity contribution in [1.29, 1.82) is 0 Å². The first-order valence-electron chi connectivity index (χ1n) is 10.9. The van der Waals surface area contributed by atoms with Gasteiger partial charge in [0.25, 0.3) is 0 Å². The van der Waals surface area contributed by atoms with Crippen molar-refractivity contribution >= 4 is 19.6 Å². The number of hydrogen-bond donors (Lipinski definition) is 2. The van der Waals surface area contributed by atoms with Gasteiger partial charge in [0.1, 0.15) is 6.61 Å². The van der Waals surface area contributed by atoms with Gasteiger partial charge in [-0.15, -0.1) is 0 Å². The van der Waals surface area contributed by atoms with Crippen molar-refractivity contribution in [3.05, 3.63) is 12.2 Å². The lowest BCUT2D eigenvalue weighted by atomic mass is 10.1. The lowest BCUT2D eigenvalue weighted by Crippen LogP contribution is -2.17. The summed E-state index contributed by atoms with van der Waals surface area (Å²) in [5.41, 5.74) is 0. The van der Waals surface area contributed by atoms with Crippen LogP contribution < -0.4 is 0 Å². The average molecular weight is 435 g/mol. The molecule has 0 heterocycles. The first kappa shape index (κ1) is 28.0. The number of Topliss-reactive ketones (excluding diaryl/α,β-unsaturated/α-hetero) is 1. The molecule has 0 bridgehead atoms. The maximum Gasteiger partial charge on any atom is 0.470 e. The number of carbonyl (C=O) groups excluding carboxylic acids is 2. The Labute approximate surface area is 175 Å². The zero-order chi connectivity index (χ0) is 21.8. The van der Waals surface area contributed by atoms with Gasteiger partial charge in [0, 0.05) is 6.42 Å². The fourth-order valence-electron chi connectivity index (χ4n) is 2.77. The van der Waals surface area contributed by atoms with Crippen LogP contribution in [0.15, 0.2) is 12.2 Å². The highest BCUT2D eigenvalue weighted by molar-refractivity contribution is 7.46. The second kappa shape index (κ2) is 19.0. The van der Waals surface area contributed by atoms with Crippen LogP contribution in [0.4, 0.5) is 0 Å². The molecule has 0 rings (SSSR count). The van der Waals surface area contributed by atoms with E-state index in [1.807, 2.05) is 0 Å². The van der Waals surface area contributed by atoms with Crippen LogP contribution in [0.25, 0.3) is 0 Å². The molecule has 0 saturated heterocycles. The van der Waals surface area contributed by atoms with Gasteiger partial charge in [-0.05, 0) is 32.1 Å². The molecular formula is C21H39O7P. The summed E-state index contributed by atoms with van der Waals surface area (Å²) in [6.45, 7) is 0.940. The minimum absolute atomic E-state index is 0.241. The molecule has 8 heteroatoms. The number of ether oxygens (including phenoxy) is 1. The van der Waals surface area contributed by atoms with E-state index in [9.17, 15) is 14.2 Å². The summed E-state index contributed by atoms with van der Waals surface area (Å²) in [4.78, 5) is 39.7. The molecule has 29 heavy (non-hydrogen) atoms. The molecule has 0 aromatic heterocycles. The van der Waals surface area contributed by atoms with Gasteiger partial charge in [0.15, 0.2) is 12.4 Å². The molecule has 0 amide bonds. The third-order valence-electron chi connectivity index (χ3n) is 4.43. The van der Waals surface area contributed by atoms with E-state index in [4.69, 9.17) is 14.5 Å². The molecule has 0 aliphatic carbocycles. The van der Waals surface area contributed by atoms with Gasteiger partial charge >= 0.3 is 13.8 Å². The molecule has 0 aromatic rings. The van der Waals surface area contributed by atoms with Crippen LogP contribution in [0.2, 0.25) is 0 Å². The van der Waals surface area contributed by atoms with Crippen LogP contribution in [-0.4, -0.2) is 34.8 Å². The normalized spacial score (nSPS) is 11.8. The van der Waals surface area contributed by atoms with Crippen molar-refractivity contribution in [1.82, 2.24) is 0 Å². The van der Waals surface area contributed by atoms with Crippen molar-refractivity contribution in [2.75, 3.05) is 13.2 Å². The standard InChI is InChI=1S/C21H39O7P/c1-2-3-4-5-6-7-8-9-10-11-12-13-14-15-16-17-21(23)27-18-20(22)19-28-29(24,25)26/h9-10H,2-8,11-19H2,1H3,(H2,24,25,26)/b10-9-. The maximum atomic E-state index is 11.5. The first-order valence-corrected chi connectivity index (χ1v) is 12.4. The van der Waals surface area contributed by atoms with Crippen LogP contribution in [0.5, 0.6) is 0 Å². The number of ketones is 1. The third kappa shape index (κ3) is 23.1. The van der Waals surface area contributed by atoms with Crippen LogP contribution in [0, 0.1) is 0 Å². The Morgan fingerprint density at radius 1 is 0.793 bits per heavy atom. The summed E-state index contributed by atoms with van der Waals surface area (Å²) in [5.74, 6) is -1.17. The number of phosphoric acid groups is 1. The van der Waals surface area contributed by atoms with Gasteiger partial charge in [-0.1, -0.05) is 70.4 Å². The lowest BCUT2D eigenvalue weighted by molar-refractivity contribution is -0.148. The Morgan fingerprint density at radius 2 is 1.31 bits per heavy atom. The zero-order valence-electron chi connectivity index (χ0n) is 17.9. The van der Waals surface area contributed by atoms with Crippen LogP contribution in [0.1, 0.15) is 96.8 Å². The lowest BCUT2D eigenvalue weighted by Gasteiger charge is -2.06. The van der Waals surface area contributed by atoms with Gasteiger partial charge in [0.2, 0.25) is 0 Å². The highest BCUT2D eigenvalue weighted by Crippen LogP contribution is 2.35. The van der Waals surface area contributed by atoms with Crippen LogP contribution in [-0.2, 0) is 23.4 Å². The molecule has 0 aromatic carbocycles. The quantitative estimate of drug-likeness (QED) is 0.117. The number of phosphoric ester groups is 1. The molecule has 0 spiro atoms. The zero-order valence-corrected chi connectivity index (χ0v) is 18.7. The molecule has 0 unspecified atom stereocenters. The van der Waals surface area contributed by atoms with Crippen molar-refractivity contribution in [3.63, 3.8) is 0 Å². The van der Waals surface area contributed by atoms with Gasteiger partial charge < -0.3 is 14.5 Å². The molecule has 170 valence electrons. The molecule has 0 aliphatic heterocycles. The third-order valence-corrected chi connectivity index (χ3v) is 4.90. The first-order chi connectivity index (χ1) is 13.8. The number of rotatable bonds is 20. The Morgan fingerprint density at radius 3 is 1.86 bits per heavy atom. The number of hydrogen-bond acceptors (Lipinski definition) is 5. The number of esters is 1. The van der Waals surface area contributed by atoms with E-state index in [2.05, 4.69) is 23.6 Å². The predicted molar refractivity (Wildman–Crippen MR) is 113 cm³/mol. The highest BCUT2D eigenvalue weighted by Gasteiger charge is 2.17. The summed E-state index contributed by atoms with van der Waals surface area (Å²) in [6.07, 6.45) is 20.1. The van der Waals surface area contributed by atoms with E-state index >= 15 is 0 Å². The molecule has 0 radical (unpaired) electrons. The second-order valence-electron chi connectivity index (χ2n) is 7.30. The van der Waals surface area contributed by atoms with Crippen molar-refractivity contribution in [2.24, 2.45) is 0 Å². The molecule has 2 N–H and O–H groups in total. The van der Waals surface area contributed by atoms with Crippen molar-refractivity contribution < 1.29 is 33.2 Å². The molecule has 7 nitrogen and oxygen atoms in total. The minimum Gasteiger partial charge on any atom is -0.458 e. The smallest absolute Gasteiger partial charge is 0.458 e. The Bertz CT molecular complexity index is 499. The van der Waals surface area contributed by atoms with Crippen LogP contribution in [0.3, 0.4) is 0 Å². The average Bonchev–Trinajstić information content (AvgIpc) is 2.67. The number of unbranched alkanes of at least 4 members (excludes halogenated alkanes) is 11. The van der Waals surface area contributed by atoms with E-state index in [1.165, 1.54) is 44.9 Å². The van der Waals surface area contributed by atoms with Gasteiger partial charge in [-0.2, -0.15) is 0 Å². The van der Waals surface area contributed by atoms with E-state index < -0.39 is 32.8 Å². The second-order valence-corrected chi connectivity index (χ2v) is 8.54. The fourth-order valence-corrected chi connectivity index (χ4v) is 3.08. The summed E-state index contributed by atoms with van der Waals surface area (Å²) >= 11 is 0. The molecule has 0 atom stereocenters. The topological polar surface area (TPSA) is 110 Å². The van der Waals surface area contributed by atoms with Gasteiger partial charge in [0.05, 0.1) is 0 Å². The summed E-state index contributed by atoms with van der Waals surface area (Å²) in [6, 6.07) is 0. The molecular weight excluding hydrogens is 395 g/mol. The predicted octanol–water partition coefficient (Wildman–Crippen LogP) is 5.25. The fraction of sp³-hybridized carbons (Fsp3) is 0.810. The number of allylic oxidation sites excluding steroid dienone is 2.